The molecule has 2 heterocycles. The Morgan fingerprint density at radius 3 is 2.21 bits per heavy atom. The zero-order chi connectivity index (χ0) is 20.5. The molecule has 0 N–H and O–H groups in total. The van der Waals surface area contributed by atoms with Crippen molar-refractivity contribution in [2.24, 2.45) is 5.92 Å². The molecule has 1 saturated heterocycles. The summed E-state index contributed by atoms with van der Waals surface area (Å²) >= 11 is 0. The van der Waals surface area contributed by atoms with Crippen LogP contribution in [0.3, 0.4) is 0 Å². The third-order valence-corrected chi connectivity index (χ3v) is 7.08. The monoisotopic (exact) mass is 405 g/mol. The van der Waals surface area contributed by atoms with Crippen molar-refractivity contribution in [3.63, 3.8) is 0 Å². The van der Waals surface area contributed by atoms with Gasteiger partial charge in [0.05, 0.1) is 0 Å². The first-order valence-corrected chi connectivity index (χ1v) is 11.0. The van der Waals surface area contributed by atoms with Crippen molar-refractivity contribution < 1.29 is 17.7 Å². The lowest BCUT2D eigenvalue weighted by molar-refractivity contribution is 0.0698. The summed E-state index contributed by atoms with van der Waals surface area (Å²) in [6.45, 7) is 8.75. The SMILES string of the molecule is Cc1noc(C)c1S(=O)(=O)N1CCN(C(=O)c2ccc(CC(C)C)cc2)CC1. The van der Waals surface area contributed by atoms with E-state index in [0.29, 0.717) is 30.3 Å². The van der Waals surface area contributed by atoms with Crippen LogP contribution in [0.2, 0.25) is 0 Å². The minimum Gasteiger partial charge on any atom is -0.360 e. The molecule has 0 unspecified atom stereocenters. The van der Waals surface area contributed by atoms with Gasteiger partial charge in [-0.05, 0) is 43.9 Å². The number of aryl methyl sites for hydroxylation is 2. The molecule has 1 aromatic heterocycles. The number of piperazine rings is 1. The van der Waals surface area contributed by atoms with Gasteiger partial charge in [0.25, 0.3) is 5.91 Å². The number of hydrogen-bond donors (Lipinski definition) is 0. The summed E-state index contributed by atoms with van der Waals surface area (Å²) in [5, 5.41) is 3.74. The van der Waals surface area contributed by atoms with Crippen LogP contribution in [0.15, 0.2) is 33.7 Å². The van der Waals surface area contributed by atoms with Crippen molar-refractivity contribution in [2.45, 2.75) is 39.0 Å². The molecule has 7 nitrogen and oxygen atoms in total. The number of sulfonamides is 1. The maximum Gasteiger partial charge on any atom is 0.253 e. The Morgan fingerprint density at radius 2 is 1.71 bits per heavy atom. The van der Waals surface area contributed by atoms with E-state index >= 15 is 0 Å². The van der Waals surface area contributed by atoms with Crippen molar-refractivity contribution in [1.82, 2.24) is 14.4 Å². The molecule has 3 rings (SSSR count). The number of nitrogens with zero attached hydrogens (tertiary/aromatic N) is 3. The largest absolute Gasteiger partial charge is 0.360 e. The fraction of sp³-hybridized carbons (Fsp3) is 0.500. The molecular formula is C20H27N3O4S. The van der Waals surface area contributed by atoms with Crippen LogP contribution in [0, 0.1) is 19.8 Å². The van der Waals surface area contributed by atoms with Crippen LogP contribution >= 0.6 is 0 Å². The molecule has 1 aromatic carbocycles. The molecule has 1 aliphatic rings. The number of carbonyl (C=O) groups is 1. The summed E-state index contributed by atoms with van der Waals surface area (Å²) in [7, 11) is -3.67. The van der Waals surface area contributed by atoms with Gasteiger partial charge in [0.1, 0.15) is 10.6 Å². The van der Waals surface area contributed by atoms with Crippen LogP contribution in [0.4, 0.5) is 0 Å². The first kappa shape index (κ1) is 20.5. The minimum absolute atomic E-state index is 0.0644. The molecule has 1 fully saturated rings. The second-order valence-corrected chi connectivity index (χ2v) is 9.52. The Kier molecular flexibility index (Phi) is 5.90. The molecule has 1 amide bonds. The Labute approximate surface area is 166 Å². The predicted molar refractivity (Wildman–Crippen MR) is 106 cm³/mol. The molecule has 0 saturated carbocycles. The number of rotatable bonds is 5. The lowest BCUT2D eigenvalue weighted by atomic mass is 10.0. The van der Waals surface area contributed by atoms with Crippen molar-refractivity contribution in [3.8, 4) is 0 Å². The van der Waals surface area contributed by atoms with Crippen LogP contribution < -0.4 is 0 Å². The summed E-state index contributed by atoms with van der Waals surface area (Å²) in [4.78, 5) is 14.6. The third-order valence-electron chi connectivity index (χ3n) is 4.94. The fourth-order valence-electron chi connectivity index (χ4n) is 3.54. The fourth-order valence-corrected chi connectivity index (χ4v) is 5.25. The quantitative estimate of drug-likeness (QED) is 0.764. The van der Waals surface area contributed by atoms with Gasteiger partial charge in [-0.3, -0.25) is 4.79 Å². The second-order valence-electron chi connectivity index (χ2n) is 7.64. The van der Waals surface area contributed by atoms with E-state index in [4.69, 9.17) is 4.52 Å². The molecule has 0 radical (unpaired) electrons. The summed E-state index contributed by atoms with van der Waals surface area (Å²) < 4.78 is 32.2. The molecule has 28 heavy (non-hydrogen) atoms. The van der Waals surface area contributed by atoms with E-state index in [1.54, 1.807) is 18.7 Å². The average Bonchev–Trinajstić information content (AvgIpc) is 3.00. The van der Waals surface area contributed by atoms with Crippen LogP contribution in [-0.2, 0) is 16.4 Å². The second kappa shape index (κ2) is 8.05. The molecule has 0 bridgehead atoms. The van der Waals surface area contributed by atoms with Gasteiger partial charge in [-0.1, -0.05) is 31.1 Å². The van der Waals surface area contributed by atoms with Gasteiger partial charge < -0.3 is 9.42 Å². The van der Waals surface area contributed by atoms with Crippen molar-refractivity contribution in [3.05, 3.63) is 46.8 Å². The van der Waals surface area contributed by atoms with Crippen molar-refractivity contribution in [1.29, 1.82) is 0 Å². The van der Waals surface area contributed by atoms with E-state index in [2.05, 4.69) is 19.0 Å². The molecule has 1 aliphatic heterocycles. The van der Waals surface area contributed by atoms with Crippen LogP contribution in [0.5, 0.6) is 0 Å². The minimum atomic E-state index is -3.67. The highest BCUT2D eigenvalue weighted by Gasteiger charge is 2.34. The zero-order valence-corrected chi connectivity index (χ0v) is 17.6. The lowest BCUT2D eigenvalue weighted by Crippen LogP contribution is -2.50. The number of amides is 1. The maximum atomic E-state index is 12.9. The zero-order valence-electron chi connectivity index (χ0n) is 16.8. The van der Waals surface area contributed by atoms with Gasteiger partial charge in [-0.25, -0.2) is 8.42 Å². The van der Waals surface area contributed by atoms with E-state index in [0.717, 1.165) is 6.42 Å². The third kappa shape index (κ3) is 4.12. The first-order chi connectivity index (χ1) is 13.2. The normalized spacial score (nSPS) is 16.0. The highest BCUT2D eigenvalue weighted by Crippen LogP contribution is 2.24. The Hall–Kier alpha value is -2.19. The van der Waals surface area contributed by atoms with Crippen molar-refractivity contribution >= 4 is 15.9 Å². The van der Waals surface area contributed by atoms with E-state index < -0.39 is 10.0 Å². The smallest absolute Gasteiger partial charge is 0.253 e. The summed E-state index contributed by atoms with van der Waals surface area (Å²) in [5.41, 5.74) is 2.20. The molecular weight excluding hydrogens is 378 g/mol. The summed E-state index contributed by atoms with van der Waals surface area (Å²) in [5.74, 6) is 0.789. The summed E-state index contributed by atoms with van der Waals surface area (Å²) in [6.07, 6.45) is 0.979. The van der Waals surface area contributed by atoms with E-state index in [1.165, 1.54) is 9.87 Å². The van der Waals surface area contributed by atoms with E-state index in [9.17, 15) is 13.2 Å². The van der Waals surface area contributed by atoms with E-state index in [-0.39, 0.29) is 29.7 Å². The lowest BCUT2D eigenvalue weighted by Gasteiger charge is -2.34. The van der Waals surface area contributed by atoms with Gasteiger partial charge >= 0.3 is 0 Å². The van der Waals surface area contributed by atoms with Crippen LogP contribution in [0.1, 0.15) is 41.2 Å². The van der Waals surface area contributed by atoms with Gasteiger partial charge in [-0.2, -0.15) is 4.31 Å². The topological polar surface area (TPSA) is 83.7 Å². The van der Waals surface area contributed by atoms with Crippen LogP contribution in [0.25, 0.3) is 0 Å². The Bertz CT molecular complexity index is 921. The predicted octanol–water partition coefficient (Wildman–Crippen LogP) is 2.64. The van der Waals surface area contributed by atoms with Crippen LogP contribution in [-0.4, -0.2) is 54.9 Å². The number of hydrogen-bond acceptors (Lipinski definition) is 5. The molecule has 0 spiro atoms. The average molecular weight is 406 g/mol. The number of carbonyl (C=O) groups excluding carboxylic acids is 1. The molecule has 8 heteroatoms. The van der Waals surface area contributed by atoms with E-state index in [1.807, 2.05) is 24.3 Å². The Balaban J connectivity index is 1.66. The molecule has 0 aliphatic carbocycles. The van der Waals surface area contributed by atoms with Gasteiger partial charge in [-0.15, -0.1) is 0 Å². The highest BCUT2D eigenvalue weighted by molar-refractivity contribution is 7.89. The summed E-state index contributed by atoms with van der Waals surface area (Å²) in [6, 6.07) is 7.69. The standard InChI is InChI=1S/C20H27N3O4S/c1-14(2)13-17-5-7-18(8-6-17)20(24)22-9-11-23(12-10-22)28(25,26)19-15(3)21-27-16(19)4/h5-8,14H,9-13H2,1-4H3. The van der Waals surface area contributed by atoms with Gasteiger partial charge in [0.15, 0.2) is 5.76 Å². The Morgan fingerprint density at radius 1 is 1.11 bits per heavy atom. The maximum absolute atomic E-state index is 12.9. The molecule has 152 valence electrons. The highest BCUT2D eigenvalue weighted by atomic mass is 32.2. The molecule has 0 atom stereocenters. The van der Waals surface area contributed by atoms with Gasteiger partial charge in [0.2, 0.25) is 10.0 Å². The number of aromatic nitrogens is 1. The first-order valence-electron chi connectivity index (χ1n) is 9.51. The van der Waals surface area contributed by atoms with Gasteiger partial charge in [0, 0.05) is 31.7 Å². The van der Waals surface area contributed by atoms with Crippen molar-refractivity contribution in [2.75, 3.05) is 26.2 Å². The number of benzene rings is 1. The molecule has 2 aromatic rings.